The molecule has 0 aliphatic heterocycles. The number of carbonyl (C=O) groups is 2. The van der Waals surface area contributed by atoms with Crippen LogP contribution in [-0.2, 0) is 14.3 Å². The van der Waals surface area contributed by atoms with Gasteiger partial charge >= 0.3 is 5.97 Å². The average molecular weight is 312 g/mol. The first-order chi connectivity index (χ1) is 10.6. The molecule has 1 rings (SSSR count). The second-order valence-corrected chi connectivity index (χ2v) is 6.01. The highest BCUT2D eigenvalue weighted by molar-refractivity contribution is 5.80. The summed E-state index contributed by atoms with van der Waals surface area (Å²) in [4.78, 5) is 28.0. The Hall–Kier alpha value is -1.10. The van der Waals surface area contributed by atoms with Crippen LogP contribution in [0, 0.1) is 5.92 Å². The maximum atomic E-state index is 12.4. The molecule has 0 unspecified atom stereocenters. The zero-order valence-corrected chi connectivity index (χ0v) is 14.5. The molecule has 0 atom stereocenters. The summed E-state index contributed by atoms with van der Waals surface area (Å²) in [6.07, 6.45) is 5.55. The fraction of sp³-hybridized carbons (Fsp3) is 0.882. The molecule has 0 N–H and O–H groups in total. The van der Waals surface area contributed by atoms with E-state index in [4.69, 9.17) is 0 Å². The van der Waals surface area contributed by atoms with E-state index in [0.29, 0.717) is 13.0 Å². The van der Waals surface area contributed by atoms with Gasteiger partial charge in [-0.15, -0.1) is 0 Å². The first-order valence-electron chi connectivity index (χ1n) is 8.70. The largest absolute Gasteiger partial charge is 0.469 e. The minimum atomic E-state index is -0.241. The van der Waals surface area contributed by atoms with Crippen molar-refractivity contribution in [3.05, 3.63) is 0 Å². The van der Waals surface area contributed by atoms with Crippen LogP contribution >= 0.6 is 0 Å². The summed E-state index contributed by atoms with van der Waals surface area (Å²) >= 11 is 0. The van der Waals surface area contributed by atoms with E-state index in [2.05, 4.69) is 23.5 Å². The van der Waals surface area contributed by atoms with Crippen molar-refractivity contribution in [3.63, 3.8) is 0 Å². The van der Waals surface area contributed by atoms with Crippen LogP contribution in [0.4, 0.5) is 0 Å². The SMILES string of the molecule is CCN(CC)CCCCN(CCC(=O)OC)C(=O)C1CCC1. The van der Waals surface area contributed by atoms with E-state index in [9.17, 15) is 9.59 Å². The van der Waals surface area contributed by atoms with Gasteiger partial charge in [0.2, 0.25) is 5.91 Å². The lowest BCUT2D eigenvalue weighted by atomic mass is 9.84. The number of methoxy groups -OCH3 is 1. The Morgan fingerprint density at radius 2 is 1.68 bits per heavy atom. The molecular weight excluding hydrogens is 280 g/mol. The van der Waals surface area contributed by atoms with Gasteiger partial charge in [0.05, 0.1) is 13.5 Å². The molecule has 0 radical (unpaired) electrons. The molecule has 0 saturated heterocycles. The van der Waals surface area contributed by atoms with Crippen LogP contribution in [-0.4, -0.2) is 61.5 Å². The summed E-state index contributed by atoms with van der Waals surface area (Å²) in [5, 5.41) is 0. The van der Waals surface area contributed by atoms with Crippen LogP contribution in [0.3, 0.4) is 0 Å². The number of ether oxygens (including phenoxy) is 1. The number of hydrogen-bond donors (Lipinski definition) is 0. The Morgan fingerprint density at radius 3 is 2.18 bits per heavy atom. The van der Waals surface area contributed by atoms with Gasteiger partial charge < -0.3 is 14.5 Å². The summed E-state index contributed by atoms with van der Waals surface area (Å²) < 4.78 is 4.68. The van der Waals surface area contributed by atoms with E-state index in [1.165, 1.54) is 7.11 Å². The van der Waals surface area contributed by atoms with E-state index >= 15 is 0 Å². The second kappa shape index (κ2) is 10.6. The molecule has 1 saturated carbocycles. The van der Waals surface area contributed by atoms with Gasteiger partial charge in [-0.1, -0.05) is 20.3 Å². The predicted molar refractivity (Wildman–Crippen MR) is 87.6 cm³/mol. The predicted octanol–water partition coefficient (Wildman–Crippen LogP) is 2.30. The van der Waals surface area contributed by atoms with Gasteiger partial charge in [-0.3, -0.25) is 9.59 Å². The lowest BCUT2D eigenvalue weighted by molar-refractivity contribution is -0.143. The van der Waals surface area contributed by atoms with Crippen molar-refractivity contribution < 1.29 is 14.3 Å². The standard InChI is InChI=1S/C17H32N2O3/c1-4-18(5-2)12-6-7-13-19(14-11-16(20)22-3)17(21)15-9-8-10-15/h15H,4-14H2,1-3H3. The molecule has 1 fully saturated rings. The zero-order valence-electron chi connectivity index (χ0n) is 14.5. The number of unbranched alkanes of at least 4 members (excludes halogenated alkanes) is 1. The molecular formula is C17H32N2O3. The van der Waals surface area contributed by atoms with Crippen LogP contribution in [0.1, 0.15) is 52.4 Å². The third-order valence-electron chi connectivity index (χ3n) is 4.63. The summed E-state index contributed by atoms with van der Waals surface area (Å²) in [7, 11) is 1.39. The van der Waals surface area contributed by atoms with Crippen molar-refractivity contribution in [2.45, 2.75) is 52.4 Å². The average Bonchev–Trinajstić information content (AvgIpc) is 2.48. The van der Waals surface area contributed by atoms with E-state index in [-0.39, 0.29) is 17.8 Å². The van der Waals surface area contributed by atoms with Gasteiger partial charge in [0, 0.05) is 19.0 Å². The van der Waals surface area contributed by atoms with Crippen molar-refractivity contribution in [1.82, 2.24) is 9.80 Å². The Labute approximate surface area is 135 Å². The second-order valence-electron chi connectivity index (χ2n) is 6.01. The topological polar surface area (TPSA) is 49.9 Å². The van der Waals surface area contributed by atoms with E-state index in [1.54, 1.807) is 0 Å². The lowest BCUT2D eigenvalue weighted by Gasteiger charge is -2.31. The molecule has 5 nitrogen and oxygen atoms in total. The van der Waals surface area contributed by atoms with Crippen LogP contribution in [0.2, 0.25) is 0 Å². The monoisotopic (exact) mass is 312 g/mol. The Bertz CT molecular complexity index is 339. The van der Waals surface area contributed by atoms with E-state index < -0.39 is 0 Å². The number of nitrogens with zero attached hydrogens (tertiary/aromatic N) is 2. The highest BCUT2D eigenvalue weighted by Gasteiger charge is 2.29. The molecule has 128 valence electrons. The molecule has 0 aromatic heterocycles. The molecule has 1 aliphatic carbocycles. The van der Waals surface area contributed by atoms with Gasteiger partial charge in [-0.2, -0.15) is 0 Å². The van der Waals surface area contributed by atoms with Crippen molar-refractivity contribution in [1.29, 1.82) is 0 Å². The molecule has 1 aliphatic rings. The van der Waals surface area contributed by atoms with Gasteiger partial charge in [-0.25, -0.2) is 0 Å². The normalized spacial score (nSPS) is 14.7. The molecule has 0 heterocycles. The molecule has 0 spiro atoms. The number of rotatable bonds is 11. The van der Waals surface area contributed by atoms with Gasteiger partial charge in [0.15, 0.2) is 0 Å². The molecule has 0 aromatic rings. The Kier molecular flexibility index (Phi) is 9.13. The Balaban J connectivity index is 2.36. The van der Waals surface area contributed by atoms with Crippen molar-refractivity contribution in [3.8, 4) is 0 Å². The van der Waals surface area contributed by atoms with Crippen LogP contribution < -0.4 is 0 Å². The van der Waals surface area contributed by atoms with Crippen molar-refractivity contribution in [2.75, 3.05) is 39.8 Å². The van der Waals surface area contributed by atoms with Crippen LogP contribution in [0.15, 0.2) is 0 Å². The summed E-state index contributed by atoms with van der Waals surface area (Å²) in [5.41, 5.74) is 0. The van der Waals surface area contributed by atoms with E-state index in [0.717, 1.165) is 58.3 Å². The molecule has 1 amide bonds. The van der Waals surface area contributed by atoms with Crippen LogP contribution in [0.25, 0.3) is 0 Å². The van der Waals surface area contributed by atoms with Gasteiger partial charge in [-0.05, 0) is 45.3 Å². The molecule has 0 aromatic carbocycles. The number of hydrogen-bond acceptors (Lipinski definition) is 4. The van der Waals surface area contributed by atoms with Gasteiger partial charge in [0.25, 0.3) is 0 Å². The quantitative estimate of drug-likeness (QED) is 0.434. The first-order valence-corrected chi connectivity index (χ1v) is 8.70. The highest BCUT2D eigenvalue weighted by atomic mass is 16.5. The van der Waals surface area contributed by atoms with Crippen LogP contribution in [0.5, 0.6) is 0 Å². The summed E-state index contributed by atoms with van der Waals surface area (Å²) in [6, 6.07) is 0. The third-order valence-corrected chi connectivity index (χ3v) is 4.63. The highest BCUT2D eigenvalue weighted by Crippen LogP contribution is 2.28. The minimum Gasteiger partial charge on any atom is -0.469 e. The fourth-order valence-electron chi connectivity index (χ4n) is 2.75. The summed E-state index contributed by atoms with van der Waals surface area (Å²) in [6.45, 7) is 8.82. The number of esters is 1. The van der Waals surface area contributed by atoms with Gasteiger partial charge in [0.1, 0.15) is 0 Å². The Morgan fingerprint density at radius 1 is 1.05 bits per heavy atom. The van der Waals surface area contributed by atoms with Crippen molar-refractivity contribution in [2.24, 2.45) is 5.92 Å². The first kappa shape index (κ1) is 18.9. The minimum absolute atomic E-state index is 0.195. The van der Waals surface area contributed by atoms with Crippen molar-refractivity contribution >= 4 is 11.9 Å². The smallest absolute Gasteiger partial charge is 0.307 e. The molecule has 5 heteroatoms. The number of amides is 1. The lowest BCUT2D eigenvalue weighted by Crippen LogP contribution is -2.40. The zero-order chi connectivity index (χ0) is 16.4. The third kappa shape index (κ3) is 6.34. The summed E-state index contributed by atoms with van der Waals surface area (Å²) in [5.74, 6) is 0.188. The maximum Gasteiger partial charge on any atom is 0.307 e. The number of carbonyl (C=O) groups excluding carboxylic acids is 2. The maximum absolute atomic E-state index is 12.4. The molecule has 22 heavy (non-hydrogen) atoms. The van der Waals surface area contributed by atoms with E-state index in [1.807, 2.05) is 4.90 Å². The fourth-order valence-corrected chi connectivity index (χ4v) is 2.75. The molecule has 0 bridgehead atoms.